The van der Waals surface area contributed by atoms with Crippen LogP contribution in [0.5, 0.6) is 0 Å². The number of aromatic nitrogens is 2. The second-order valence-electron chi connectivity index (χ2n) is 5.53. The molecule has 1 amide bonds. The van der Waals surface area contributed by atoms with Crippen molar-refractivity contribution in [1.29, 1.82) is 0 Å². The molecule has 3 heterocycles. The van der Waals surface area contributed by atoms with Gasteiger partial charge >= 0.3 is 0 Å². The smallest absolute Gasteiger partial charge is 0.271 e. The maximum Gasteiger partial charge on any atom is 0.271 e. The number of rotatable bonds is 3. The molecule has 1 aromatic carbocycles. The van der Waals surface area contributed by atoms with Gasteiger partial charge in [-0.3, -0.25) is 9.69 Å². The van der Waals surface area contributed by atoms with E-state index in [2.05, 4.69) is 15.2 Å². The van der Waals surface area contributed by atoms with Gasteiger partial charge in [-0.05, 0) is 49.9 Å². The SMILES string of the molecule is Cc1ccc(/C=C2/S/C(=N/c3nnc(C)s3)N(c3ccccc3)C2=O)o1. The molecule has 0 spiro atoms. The first-order valence-electron chi connectivity index (χ1n) is 7.84. The third kappa shape index (κ3) is 3.33. The summed E-state index contributed by atoms with van der Waals surface area (Å²) in [4.78, 5) is 19.7. The van der Waals surface area contributed by atoms with Crippen molar-refractivity contribution in [3.63, 3.8) is 0 Å². The number of carbonyl (C=O) groups is 1. The number of thioether (sulfide) groups is 1. The lowest BCUT2D eigenvalue weighted by Gasteiger charge is -2.14. The number of amidine groups is 1. The molecule has 1 aliphatic rings. The molecule has 0 atom stereocenters. The van der Waals surface area contributed by atoms with E-state index < -0.39 is 0 Å². The zero-order valence-corrected chi connectivity index (χ0v) is 15.7. The quantitative estimate of drug-likeness (QED) is 0.621. The van der Waals surface area contributed by atoms with Crippen molar-refractivity contribution in [3.8, 4) is 0 Å². The number of anilines is 1. The number of nitrogens with zero attached hydrogens (tertiary/aromatic N) is 4. The topological polar surface area (TPSA) is 71.6 Å². The van der Waals surface area contributed by atoms with Gasteiger partial charge in [0.25, 0.3) is 5.91 Å². The highest BCUT2D eigenvalue weighted by atomic mass is 32.2. The van der Waals surface area contributed by atoms with E-state index in [-0.39, 0.29) is 5.91 Å². The van der Waals surface area contributed by atoms with Crippen LogP contribution in [-0.2, 0) is 4.79 Å². The molecule has 3 aromatic rings. The molecule has 0 radical (unpaired) electrons. The van der Waals surface area contributed by atoms with Crippen LogP contribution in [0.2, 0.25) is 0 Å². The zero-order valence-electron chi connectivity index (χ0n) is 14.0. The summed E-state index contributed by atoms with van der Waals surface area (Å²) in [6, 6.07) is 13.1. The summed E-state index contributed by atoms with van der Waals surface area (Å²) < 4.78 is 5.57. The fraction of sp³-hybridized carbons (Fsp3) is 0.111. The second kappa shape index (κ2) is 6.89. The van der Waals surface area contributed by atoms with Gasteiger partial charge in [-0.2, -0.15) is 4.99 Å². The lowest BCUT2D eigenvalue weighted by atomic mass is 10.3. The number of hydrogen-bond donors (Lipinski definition) is 0. The standard InChI is InChI=1S/C18H14N4O2S2/c1-11-8-9-14(24-11)10-15-16(23)22(13-6-4-3-5-7-13)18(26-15)19-17-21-20-12(2)25-17/h3-10H,1-2H3/b15-10+,19-18+. The van der Waals surface area contributed by atoms with Gasteiger partial charge in [0.15, 0.2) is 5.17 Å². The van der Waals surface area contributed by atoms with Gasteiger partial charge in [-0.15, -0.1) is 10.2 Å². The van der Waals surface area contributed by atoms with E-state index in [1.54, 1.807) is 11.0 Å². The van der Waals surface area contributed by atoms with Gasteiger partial charge in [0.2, 0.25) is 5.13 Å². The summed E-state index contributed by atoms with van der Waals surface area (Å²) >= 11 is 2.68. The molecule has 1 aliphatic heterocycles. The molecule has 1 fully saturated rings. The number of aliphatic imine (C=N–C) groups is 1. The molecule has 26 heavy (non-hydrogen) atoms. The molecule has 4 rings (SSSR count). The summed E-state index contributed by atoms with van der Waals surface area (Å²) in [6.07, 6.45) is 1.74. The highest BCUT2D eigenvalue weighted by Gasteiger charge is 2.35. The molecular formula is C18H14N4O2S2. The number of aryl methyl sites for hydroxylation is 2. The number of furan rings is 1. The lowest BCUT2D eigenvalue weighted by molar-refractivity contribution is -0.113. The summed E-state index contributed by atoms with van der Waals surface area (Å²) in [5.41, 5.74) is 0.754. The minimum atomic E-state index is -0.143. The van der Waals surface area contributed by atoms with Crippen molar-refractivity contribution in [3.05, 3.63) is 63.9 Å². The van der Waals surface area contributed by atoms with E-state index in [1.807, 2.05) is 56.3 Å². The molecule has 0 aliphatic carbocycles. The third-order valence-electron chi connectivity index (χ3n) is 3.56. The number of hydrogen-bond acceptors (Lipinski definition) is 7. The maximum atomic E-state index is 13.0. The molecular weight excluding hydrogens is 368 g/mol. The van der Waals surface area contributed by atoms with Crippen molar-refractivity contribution in [1.82, 2.24) is 10.2 Å². The second-order valence-corrected chi connectivity index (χ2v) is 7.70. The van der Waals surface area contributed by atoms with Gasteiger partial charge in [0, 0.05) is 6.08 Å². The average Bonchev–Trinajstić information content (AvgIpc) is 3.30. The van der Waals surface area contributed by atoms with Crippen LogP contribution in [0.3, 0.4) is 0 Å². The first-order valence-corrected chi connectivity index (χ1v) is 9.48. The van der Waals surface area contributed by atoms with Crippen LogP contribution in [0.1, 0.15) is 16.5 Å². The van der Waals surface area contributed by atoms with Crippen LogP contribution >= 0.6 is 23.1 Å². The summed E-state index contributed by atoms with van der Waals surface area (Å²) in [6.45, 7) is 3.74. The average molecular weight is 382 g/mol. The Morgan fingerprint density at radius 1 is 1.12 bits per heavy atom. The fourth-order valence-corrected chi connectivity index (χ4v) is 4.01. The summed E-state index contributed by atoms with van der Waals surface area (Å²) in [5.74, 6) is 1.29. The Balaban J connectivity index is 1.76. The normalized spacial score (nSPS) is 17.6. The zero-order chi connectivity index (χ0) is 18.1. The fourth-order valence-electron chi connectivity index (χ4n) is 2.43. The highest BCUT2D eigenvalue weighted by Crippen LogP contribution is 2.37. The van der Waals surface area contributed by atoms with Crippen LogP contribution in [0.4, 0.5) is 10.8 Å². The van der Waals surface area contributed by atoms with Crippen LogP contribution in [0.25, 0.3) is 6.08 Å². The molecule has 0 N–H and O–H groups in total. The van der Waals surface area contributed by atoms with Crippen molar-refractivity contribution >= 4 is 51.1 Å². The van der Waals surface area contributed by atoms with E-state index in [9.17, 15) is 4.79 Å². The summed E-state index contributed by atoms with van der Waals surface area (Å²) in [5, 5.41) is 9.92. The van der Waals surface area contributed by atoms with Gasteiger partial charge in [0.1, 0.15) is 16.5 Å². The number of amides is 1. The molecule has 0 unspecified atom stereocenters. The number of carbonyl (C=O) groups excluding carboxylic acids is 1. The largest absolute Gasteiger partial charge is 0.462 e. The van der Waals surface area contributed by atoms with E-state index >= 15 is 0 Å². The van der Waals surface area contributed by atoms with Crippen molar-refractivity contribution in [2.45, 2.75) is 13.8 Å². The first-order chi connectivity index (χ1) is 12.6. The van der Waals surface area contributed by atoms with E-state index in [0.717, 1.165) is 16.5 Å². The van der Waals surface area contributed by atoms with Gasteiger partial charge in [0.05, 0.1) is 10.6 Å². The van der Waals surface area contributed by atoms with Gasteiger partial charge in [-0.25, -0.2) is 0 Å². The lowest BCUT2D eigenvalue weighted by Crippen LogP contribution is -2.28. The monoisotopic (exact) mass is 382 g/mol. The Morgan fingerprint density at radius 3 is 2.58 bits per heavy atom. The van der Waals surface area contributed by atoms with Crippen molar-refractivity contribution in [2.24, 2.45) is 4.99 Å². The Hall–Kier alpha value is -2.71. The maximum absolute atomic E-state index is 13.0. The van der Waals surface area contributed by atoms with E-state index in [4.69, 9.17) is 4.42 Å². The van der Waals surface area contributed by atoms with Crippen LogP contribution in [0.15, 0.2) is 56.8 Å². The molecule has 1 saturated heterocycles. The molecule has 130 valence electrons. The number of para-hydroxylation sites is 1. The Labute approximate surface area is 158 Å². The van der Waals surface area contributed by atoms with E-state index in [1.165, 1.54) is 23.1 Å². The van der Waals surface area contributed by atoms with Crippen LogP contribution < -0.4 is 4.90 Å². The molecule has 0 bridgehead atoms. The Morgan fingerprint density at radius 2 is 1.92 bits per heavy atom. The highest BCUT2D eigenvalue weighted by molar-refractivity contribution is 8.19. The van der Waals surface area contributed by atoms with Crippen LogP contribution in [-0.4, -0.2) is 21.3 Å². The number of benzene rings is 1. The predicted molar refractivity (Wildman–Crippen MR) is 105 cm³/mol. The molecule has 2 aromatic heterocycles. The minimum absolute atomic E-state index is 0.143. The van der Waals surface area contributed by atoms with Gasteiger partial charge < -0.3 is 4.42 Å². The van der Waals surface area contributed by atoms with Crippen molar-refractivity contribution in [2.75, 3.05) is 4.90 Å². The molecule has 0 saturated carbocycles. The first kappa shape index (κ1) is 16.7. The Kier molecular flexibility index (Phi) is 4.44. The third-order valence-corrected chi connectivity index (χ3v) is 5.26. The van der Waals surface area contributed by atoms with Crippen molar-refractivity contribution < 1.29 is 9.21 Å². The summed E-state index contributed by atoms with van der Waals surface area (Å²) in [7, 11) is 0. The van der Waals surface area contributed by atoms with E-state index in [0.29, 0.717) is 21.0 Å². The molecule has 8 heteroatoms. The minimum Gasteiger partial charge on any atom is -0.462 e. The van der Waals surface area contributed by atoms with Gasteiger partial charge in [-0.1, -0.05) is 29.5 Å². The predicted octanol–water partition coefficient (Wildman–Crippen LogP) is 4.56. The molecule has 6 nitrogen and oxygen atoms in total. The Bertz CT molecular complexity index is 1020. The van der Waals surface area contributed by atoms with Crippen LogP contribution in [0, 0.1) is 13.8 Å².